The van der Waals surface area contributed by atoms with Gasteiger partial charge in [-0.3, -0.25) is 24.1 Å². The minimum atomic E-state index is -1.17. The van der Waals surface area contributed by atoms with Gasteiger partial charge in [0, 0.05) is 13.5 Å². The van der Waals surface area contributed by atoms with Crippen LogP contribution in [0.5, 0.6) is 0 Å². The molecule has 2 bridgehead atoms. The number of primary amides is 1. The average Bonchev–Trinajstić information content (AvgIpc) is 3.05. The highest BCUT2D eigenvalue weighted by atomic mass is 16.6. The van der Waals surface area contributed by atoms with E-state index in [9.17, 15) is 24.3 Å². The predicted octanol–water partition coefficient (Wildman–Crippen LogP) is -2.46. The minimum Gasteiger partial charge on any atom is -0.457 e. The van der Waals surface area contributed by atoms with Crippen LogP contribution in [0.4, 0.5) is 0 Å². The second-order valence-corrected chi connectivity index (χ2v) is 5.76. The largest absolute Gasteiger partial charge is 0.457 e. The van der Waals surface area contributed by atoms with Crippen LogP contribution >= 0.6 is 0 Å². The number of hydrogen-bond acceptors (Lipinski definition) is 7. The van der Waals surface area contributed by atoms with E-state index in [-0.39, 0.29) is 18.7 Å². The summed E-state index contributed by atoms with van der Waals surface area (Å²) in [7, 11) is 1.38. The van der Waals surface area contributed by atoms with E-state index in [1.54, 1.807) is 0 Å². The summed E-state index contributed by atoms with van der Waals surface area (Å²) in [6.45, 7) is 0. The number of esters is 1. The zero-order valence-electron chi connectivity index (χ0n) is 11.8. The van der Waals surface area contributed by atoms with Gasteiger partial charge in [0.05, 0.1) is 18.3 Å². The third-order valence-electron chi connectivity index (χ3n) is 4.48. The molecular weight excluding hydrogens is 296 g/mol. The molecule has 3 aliphatic heterocycles. The standard InChI is InChI=1S/C13H16N2O7/c1-15-12(19)6-7(13(15)20)10-11(8(18)9(6)22-10)21-5(17)3-2-4(14)16/h6-11,18H,2-3H2,1H3,(H2,14,16)/t6-,7+,8-,9-,10+,11-/m1/s1. The molecule has 3 saturated heterocycles. The molecule has 0 aromatic rings. The maximum absolute atomic E-state index is 12.1. The van der Waals surface area contributed by atoms with Gasteiger partial charge >= 0.3 is 5.97 Å². The summed E-state index contributed by atoms with van der Waals surface area (Å²) >= 11 is 0. The van der Waals surface area contributed by atoms with Gasteiger partial charge in [0.25, 0.3) is 0 Å². The van der Waals surface area contributed by atoms with Crippen LogP contribution in [0.15, 0.2) is 0 Å². The summed E-state index contributed by atoms with van der Waals surface area (Å²) < 4.78 is 10.6. The number of hydrogen-bond donors (Lipinski definition) is 2. The SMILES string of the molecule is CN1C(=O)[C@@H]2[C@@H]3O[C@@H]([C@@H](O)[C@H]3OC(=O)CCC(N)=O)[C@@H]2C1=O. The first-order valence-corrected chi connectivity index (χ1v) is 6.95. The molecule has 9 heteroatoms. The summed E-state index contributed by atoms with van der Waals surface area (Å²) in [6.07, 6.45) is -4.27. The number of aliphatic hydroxyl groups excluding tert-OH is 1. The Morgan fingerprint density at radius 1 is 1.23 bits per heavy atom. The molecule has 0 unspecified atom stereocenters. The van der Waals surface area contributed by atoms with Crippen molar-refractivity contribution in [2.24, 2.45) is 17.6 Å². The van der Waals surface area contributed by atoms with Gasteiger partial charge < -0.3 is 20.3 Å². The molecule has 0 aliphatic carbocycles. The number of imide groups is 1. The molecule has 3 fully saturated rings. The fourth-order valence-electron chi connectivity index (χ4n) is 3.43. The number of fused-ring (bicyclic) bond motifs is 5. The van der Waals surface area contributed by atoms with Crippen LogP contribution < -0.4 is 5.73 Å². The van der Waals surface area contributed by atoms with E-state index in [2.05, 4.69) is 0 Å². The van der Waals surface area contributed by atoms with E-state index in [1.807, 2.05) is 0 Å². The summed E-state index contributed by atoms with van der Waals surface area (Å²) in [4.78, 5) is 47.4. The summed E-state index contributed by atoms with van der Waals surface area (Å²) in [5.41, 5.74) is 4.95. The summed E-state index contributed by atoms with van der Waals surface area (Å²) in [5, 5.41) is 10.2. The molecule has 0 saturated carbocycles. The van der Waals surface area contributed by atoms with Crippen LogP contribution in [-0.2, 0) is 28.7 Å². The molecule has 3 aliphatic rings. The maximum atomic E-state index is 12.1. The number of ether oxygens (including phenoxy) is 2. The lowest BCUT2D eigenvalue weighted by molar-refractivity contribution is -0.160. The highest BCUT2D eigenvalue weighted by Crippen LogP contribution is 2.49. The van der Waals surface area contributed by atoms with Crippen molar-refractivity contribution in [1.29, 1.82) is 0 Å². The van der Waals surface area contributed by atoms with Gasteiger partial charge in [0.2, 0.25) is 17.7 Å². The van der Waals surface area contributed by atoms with Crippen molar-refractivity contribution in [1.82, 2.24) is 4.90 Å². The van der Waals surface area contributed by atoms with Crippen molar-refractivity contribution in [3.63, 3.8) is 0 Å². The van der Waals surface area contributed by atoms with Crippen molar-refractivity contribution < 1.29 is 33.8 Å². The number of aliphatic hydroxyl groups is 1. The number of carbonyl (C=O) groups is 4. The molecule has 3 heterocycles. The second-order valence-electron chi connectivity index (χ2n) is 5.76. The number of nitrogens with zero attached hydrogens (tertiary/aromatic N) is 1. The Bertz CT molecular complexity index is 563. The average molecular weight is 312 g/mol. The molecule has 120 valence electrons. The Labute approximate surface area is 125 Å². The smallest absolute Gasteiger partial charge is 0.306 e. The Morgan fingerprint density at radius 2 is 1.82 bits per heavy atom. The van der Waals surface area contributed by atoms with E-state index in [4.69, 9.17) is 15.2 Å². The van der Waals surface area contributed by atoms with Crippen LogP contribution in [-0.4, -0.2) is 65.2 Å². The molecular formula is C13H16N2O7. The van der Waals surface area contributed by atoms with Gasteiger partial charge in [-0.25, -0.2) is 0 Å². The quantitative estimate of drug-likeness (QED) is 0.434. The Balaban J connectivity index is 1.72. The Morgan fingerprint density at radius 3 is 2.41 bits per heavy atom. The van der Waals surface area contributed by atoms with Gasteiger partial charge in [-0.15, -0.1) is 0 Å². The van der Waals surface area contributed by atoms with Crippen molar-refractivity contribution in [3.8, 4) is 0 Å². The van der Waals surface area contributed by atoms with Crippen LogP contribution in [0, 0.1) is 11.8 Å². The fourth-order valence-corrected chi connectivity index (χ4v) is 3.43. The first-order chi connectivity index (χ1) is 10.3. The molecule has 3 amide bonds. The summed E-state index contributed by atoms with van der Waals surface area (Å²) in [6, 6.07) is 0. The molecule has 6 atom stereocenters. The van der Waals surface area contributed by atoms with E-state index in [0.29, 0.717) is 0 Å². The van der Waals surface area contributed by atoms with Gasteiger partial charge in [-0.05, 0) is 0 Å². The number of likely N-dealkylation sites (tertiary alicyclic amines) is 1. The van der Waals surface area contributed by atoms with Crippen LogP contribution in [0.25, 0.3) is 0 Å². The minimum absolute atomic E-state index is 0.164. The van der Waals surface area contributed by atoms with Gasteiger partial charge in [0.1, 0.15) is 18.3 Å². The van der Waals surface area contributed by atoms with E-state index < -0.39 is 54.0 Å². The topological polar surface area (TPSA) is 136 Å². The lowest BCUT2D eigenvalue weighted by Gasteiger charge is -2.29. The zero-order chi connectivity index (χ0) is 16.2. The van der Waals surface area contributed by atoms with Gasteiger partial charge in [-0.1, -0.05) is 0 Å². The third kappa shape index (κ3) is 2.00. The van der Waals surface area contributed by atoms with E-state index in [1.165, 1.54) is 7.05 Å². The Kier molecular flexibility index (Phi) is 3.41. The van der Waals surface area contributed by atoms with Crippen LogP contribution in [0.1, 0.15) is 12.8 Å². The molecule has 22 heavy (non-hydrogen) atoms. The van der Waals surface area contributed by atoms with E-state index >= 15 is 0 Å². The fraction of sp³-hybridized carbons (Fsp3) is 0.692. The first-order valence-electron chi connectivity index (χ1n) is 6.95. The molecule has 3 rings (SSSR count). The third-order valence-corrected chi connectivity index (χ3v) is 4.48. The summed E-state index contributed by atoms with van der Waals surface area (Å²) in [5.74, 6) is -3.59. The van der Waals surface area contributed by atoms with Crippen LogP contribution in [0.2, 0.25) is 0 Å². The predicted molar refractivity (Wildman–Crippen MR) is 67.7 cm³/mol. The highest BCUT2D eigenvalue weighted by molar-refractivity contribution is 6.06. The monoisotopic (exact) mass is 312 g/mol. The van der Waals surface area contributed by atoms with Crippen molar-refractivity contribution >= 4 is 23.7 Å². The highest BCUT2D eigenvalue weighted by Gasteiger charge is 2.69. The second kappa shape index (κ2) is 5.03. The van der Waals surface area contributed by atoms with Gasteiger partial charge in [0.15, 0.2) is 6.10 Å². The molecule has 0 aromatic heterocycles. The number of rotatable bonds is 4. The lowest BCUT2D eigenvalue weighted by atomic mass is 9.78. The Hall–Kier alpha value is -2.00. The van der Waals surface area contributed by atoms with E-state index in [0.717, 1.165) is 4.90 Å². The molecule has 0 radical (unpaired) electrons. The molecule has 0 spiro atoms. The molecule has 9 nitrogen and oxygen atoms in total. The first kappa shape index (κ1) is 14.9. The normalized spacial score (nSPS) is 39.3. The van der Waals surface area contributed by atoms with Crippen molar-refractivity contribution in [2.45, 2.75) is 37.3 Å². The lowest BCUT2D eigenvalue weighted by Crippen LogP contribution is -2.49. The van der Waals surface area contributed by atoms with Crippen LogP contribution in [0.3, 0.4) is 0 Å². The molecule has 0 aromatic carbocycles. The van der Waals surface area contributed by atoms with Gasteiger partial charge in [-0.2, -0.15) is 0 Å². The van der Waals surface area contributed by atoms with Crippen molar-refractivity contribution in [2.75, 3.05) is 7.05 Å². The number of amides is 3. The van der Waals surface area contributed by atoms with Crippen molar-refractivity contribution in [3.05, 3.63) is 0 Å². The maximum Gasteiger partial charge on any atom is 0.306 e. The number of carbonyl (C=O) groups excluding carboxylic acids is 4. The molecule has 3 N–H and O–H groups in total. The zero-order valence-corrected chi connectivity index (χ0v) is 11.8. The number of nitrogens with two attached hydrogens (primary N) is 1.